The van der Waals surface area contributed by atoms with Gasteiger partial charge < -0.3 is 4.57 Å². The number of hydrogen-bond donors (Lipinski definition) is 0. The number of aromatic nitrogens is 2. The minimum absolute atomic E-state index is 1.14. The zero-order valence-electron chi connectivity index (χ0n) is 7.51. The Morgan fingerprint density at radius 2 is 2.00 bits per heavy atom. The average Bonchev–Trinajstić information content (AvgIpc) is 2.71. The normalized spacial score (nSPS) is 10.2. The molecule has 2 aromatic rings. The second-order valence-corrected chi connectivity index (χ2v) is 2.85. The van der Waals surface area contributed by atoms with Gasteiger partial charge in [0.15, 0.2) is 0 Å². The van der Waals surface area contributed by atoms with Gasteiger partial charge in [-0.3, -0.25) is 0 Å². The number of imidazole rings is 1. The Kier molecular flexibility index (Phi) is 2.13. The first-order valence-electron chi connectivity index (χ1n) is 4.28. The third kappa shape index (κ3) is 1.61. The molecule has 0 saturated heterocycles. The van der Waals surface area contributed by atoms with Crippen molar-refractivity contribution in [1.29, 1.82) is 0 Å². The summed E-state index contributed by atoms with van der Waals surface area (Å²) in [5.74, 6) is 0. The summed E-state index contributed by atoms with van der Waals surface area (Å²) in [6.07, 6.45) is 7.59. The molecule has 2 nitrogen and oxygen atoms in total. The van der Waals surface area contributed by atoms with Crippen LogP contribution in [0, 0.1) is 6.42 Å². The minimum Gasteiger partial charge on any atom is -0.306 e. The summed E-state index contributed by atoms with van der Waals surface area (Å²) in [6.45, 7) is 2.03. The topological polar surface area (TPSA) is 17.8 Å². The van der Waals surface area contributed by atoms with Crippen LogP contribution in [0.1, 0.15) is 12.5 Å². The van der Waals surface area contributed by atoms with E-state index in [4.69, 9.17) is 0 Å². The van der Waals surface area contributed by atoms with Crippen molar-refractivity contribution in [2.75, 3.05) is 0 Å². The largest absolute Gasteiger partial charge is 0.306 e. The Morgan fingerprint density at radius 3 is 2.54 bits per heavy atom. The van der Waals surface area contributed by atoms with Gasteiger partial charge in [-0.1, -0.05) is 19.1 Å². The Labute approximate surface area is 77.9 Å². The highest BCUT2D eigenvalue weighted by Gasteiger charge is 1.94. The molecule has 0 fully saturated rings. The predicted octanol–water partition coefficient (Wildman–Crippen LogP) is 2.44. The van der Waals surface area contributed by atoms with Gasteiger partial charge in [0.25, 0.3) is 0 Å². The van der Waals surface area contributed by atoms with Gasteiger partial charge in [0, 0.05) is 18.1 Å². The van der Waals surface area contributed by atoms with Crippen LogP contribution < -0.4 is 0 Å². The summed E-state index contributed by atoms with van der Waals surface area (Å²) in [5.41, 5.74) is 2.38. The molecule has 0 aliphatic carbocycles. The molecule has 0 aliphatic rings. The lowest BCUT2D eigenvalue weighted by Crippen LogP contribution is -1.89. The summed E-state index contributed by atoms with van der Waals surface area (Å²) in [4.78, 5) is 4.00. The summed E-state index contributed by atoms with van der Waals surface area (Å²) in [7, 11) is 0. The van der Waals surface area contributed by atoms with Gasteiger partial charge in [0.2, 0.25) is 0 Å². The van der Waals surface area contributed by atoms with E-state index in [9.17, 15) is 0 Å². The van der Waals surface area contributed by atoms with Crippen LogP contribution in [0.5, 0.6) is 0 Å². The third-order valence-electron chi connectivity index (χ3n) is 2.03. The molecule has 0 N–H and O–H groups in total. The van der Waals surface area contributed by atoms with Gasteiger partial charge in [-0.25, -0.2) is 4.98 Å². The number of nitrogens with zero attached hydrogens (tertiary/aromatic N) is 2. The predicted molar refractivity (Wildman–Crippen MR) is 52.6 cm³/mol. The highest BCUT2D eigenvalue weighted by Crippen LogP contribution is 2.09. The van der Waals surface area contributed by atoms with Gasteiger partial charge in [-0.2, -0.15) is 0 Å². The summed E-state index contributed by atoms with van der Waals surface area (Å²) in [5, 5.41) is 0. The standard InChI is InChI=1S/C11H11N2/c1-2-10-3-5-11(6-4-10)13-8-7-12-9-13/h2-9H,1H3. The van der Waals surface area contributed by atoms with Gasteiger partial charge in [0.1, 0.15) is 0 Å². The van der Waals surface area contributed by atoms with Crippen LogP contribution in [0.3, 0.4) is 0 Å². The second kappa shape index (κ2) is 3.44. The maximum atomic E-state index is 4.00. The number of benzene rings is 1. The van der Waals surface area contributed by atoms with E-state index < -0.39 is 0 Å². The van der Waals surface area contributed by atoms with Crippen molar-refractivity contribution < 1.29 is 0 Å². The number of rotatable bonds is 2. The van der Waals surface area contributed by atoms with E-state index in [-0.39, 0.29) is 0 Å². The minimum atomic E-state index is 1.14. The molecule has 2 heteroatoms. The molecule has 0 saturated carbocycles. The Hall–Kier alpha value is -1.57. The van der Waals surface area contributed by atoms with Crippen molar-refractivity contribution in [2.45, 2.75) is 6.92 Å². The van der Waals surface area contributed by atoms with Crippen LogP contribution in [0.25, 0.3) is 5.69 Å². The molecule has 1 aromatic carbocycles. The van der Waals surface area contributed by atoms with E-state index in [1.807, 2.05) is 17.7 Å². The molecule has 2 rings (SSSR count). The zero-order valence-corrected chi connectivity index (χ0v) is 7.51. The molecule has 0 aliphatic heterocycles. The molecule has 0 unspecified atom stereocenters. The van der Waals surface area contributed by atoms with Crippen LogP contribution in [0.15, 0.2) is 43.0 Å². The first kappa shape index (κ1) is 8.05. The van der Waals surface area contributed by atoms with Crippen molar-refractivity contribution in [3.63, 3.8) is 0 Å². The molecule has 65 valence electrons. The van der Waals surface area contributed by atoms with E-state index in [2.05, 4.69) is 35.7 Å². The lowest BCUT2D eigenvalue weighted by atomic mass is 10.1. The lowest BCUT2D eigenvalue weighted by molar-refractivity contribution is 1.06. The maximum absolute atomic E-state index is 4.00. The van der Waals surface area contributed by atoms with Crippen LogP contribution >= 0.6 is 0 Å². The molecule has 0 atom stereocenters. The maximum Gasteiger partial charge on any atom is 0.0991 e. The molecular weight excluding hydrogens is 160 g/mol. The first-order chi connectivity index (χ1) is 6.40. The van der Waals surface area contributed by atoms with E-state index in [0.717, 1.165) is 5.69 Å². The molecule has 1 heterocycles. The van der Waals surface area contributed by atoms with Gasteiger partial charge >= 0.3 is 0 Å². The fourth-order valence-electron chi connectivity index (χ4n) is 1.25. The van der Waals surface area contributed by atoms with E-state index in [1.165, 1.54) is 5.56 Å². The fraction of sp³-hybridized carbons (Fsp3) is 0.0909. The van der Waals surface area contributed by atoms with Crippen molar-refractivity contribution in [1.82, 2.24) is 9.55 Å². The second-order valence-electron chi connectivity index (χ2n) is 2.85. The highest BCUT2D eigenvalue weighted by molar-refractivity contribution is 5.36. The van der Waals surface area contributed by atoms with Crippen molar-refractivity contribution in [3.05, 3.63) is 55.0 Å². The van der Waals surface area contributed by atoms with Gasteiger partial charge in [-0.05, 0) is 24.1 Å². The van der Waals surface area contributed by atoms with Gasteiger partial charge in [0.05, 0.1) is 6.33 Å². The Bertz CT molecular complexity index is 359. The Morgan fingerprint density at radius 1 is 1.23 bits per heavy atom. The van der Waals surface area contributed by atoms with Crippen molar-refractivity contribution in [2.24, 2.45) is 0 Å². The van der Waals surface area contributed by atoms with Crippen molar-refractivity contribution >= 4 is 0 Å². The zero-order chi connectivity index (χ0) is 9.10. The molecule has 1 aromatic heterocycles. The van der Waals surface area contributed by atoms with E-state index >= 15 is 0 Å². The molecule has 13 heavy (non-hydrogen) atoms. The smallest absolute Gasteiger partial charge is 0.0991 e. The fourth-order valence-corrected chi connectivity index (χ4v) is 1.25. The Balaban J connectivity index is 2.33. The molecule has 1 radical (unpaired) electrons. The highest BCUT2D eigenvalue weighted by atomic mass is 15.0. The van der Waals surface area contributed by atoms with Crippen LogP contribution in [0.2, 0.25) is 0 Å². The lowest BCUT2D eigenvalue weighted by Gasteiger charge is -2.02. The van der Waals surface area contributed by atoms with Crippen LogP contribution in [0.4, 0.5) is 0 Å². The number of hydrogen-bond acceptors (Lipinski definition) is 1. The van der Waals surface area contributed by atoms with Gasteiger partial charge in [-0.15, -0.1) is 0 Å². The third-order valence-corrected chi connectivity index (χ3v) is 2.03. The van der Waals surface area contributed by atoms with Crippen molar-refractivity contribution in [3.8, 4) is 5.69 Å². The monoisotopic (exact) mass is 171 g/mol. The molecular formula is C11H11N2. The SMILES string of the molecule is C[CH]c1ccc(-n2ccnc2)cc1. The van der Waals surface area contributed by atoms with Crippen LogP contribution in [-0.2, 0) is 0 Å². The summed E-state index contributed by atoms with van der Waals surface area (Å²) < 4.78 is 1.99. The van der Waals surface area contributed by atoms with E-state index in [1.54, 1.807) is 12.5 Å². The molecule has 0 spiro atoms. The molecule has 0 bridgehead atoms. The summed E-state index contributed by atoms with van der Waals surface area (Å²) in [6, 6.07) is 8.35. The molecule has 0 amide bonds. The van der Waals surface area contributed by atoms with Crippen LogP contribution in [-0.4, -0.2) is 9.55 Å². The average molecular weight is 171 g/mol. The quantitative estimate of drug-likeness (QED) is 0.678. The van der Waals surface area contributed by atoms with E-state index in [0.29, 0.717) is 0 Å². The summed E-state index contributed by atoms with van der Waals surface area (Å²) >= 11 is 0. The first-order valence-corrected chi connectivity index (χ1v) is 4.28.